The summed E-state index contributed by atoms with van der Waals surface area (Å²) in [7, 11) is 0. The van der Waals surface area contributed by atoms with Gasteiger partial charge in [0.05, 0.1) is 0 Å². The Bertz CT molecular complexity index is 504. The summed E-state index contributed by atoms with van der Waals surface area (Å²) in [4.78, 5) is 10.9. The normalized spacial score (nSPS) is 10.7. The van der Waals surface area contributed by atoms with Gasteiger partial charge in [-0.3, -0.25) is 11.3 Å². The van der Waals surface area contributed by atoms with E-state index in [0.717, 1.165) is 5.39 Å². The SMILES string of the molecule is NNCc1c(C(=O)O)oc2ccccc12. The van der Waals surface area contributed by atoms with E-state index in [1.54, 1.807) is 18.2 Å². The van der Waals surface area contributed by atoms with Crippen LogP contribution in [0.2, 0.25) is 0 Å². The van der Waals surface area contributed by atoms with Crippen molar-refractivity contribution >= 4 is 16.9 Å². The highest BCUT2D eigenvalue weighted by Crippen LogP contribution is 2.25. The van der Waals surface area contributed by atoms with Crippen molar-refractivity contribution < 1.29 is 14.3 Å². The minimum Gasteiger partial charge on any atom is -0.475 e. The van der Waals surface area contributed by atoms with Gasteiger partial charge in [-0.05, 0) is 6.07 Å². The van der Waals surface area contributed by atoms with Gasteiger partial charge in [-0.1, -0.05) is 18.2 Å². The zero-order chi connectivity index (χ0) is 10.8. The van der Waals surface area contributed by atoms with Gasteiger partial charge < -0.3 is 9.52 Å². The number of nitrogens with one attached hydrogen (secondary N) is 1. The number of carboxylic acid groups (broad SMARTS) is 1. The Balaban J connectivity index is 2.68. The Labute approximate surface area is 85.5 Å². The molecular weight excluding hydrogens is 196 g/mol. The van der Waals surface area contributed by atoms with E-state index in [1.165, 1.54) is 0 Å². The lowest BCUT2D eigenvalue weighted by molar-refractivity contribution is 0.0663. The molecule has 1 heterocycles. The van der Waals surface area contributed by atoms with E-state index < -0.39 is 5.97 Å². The number of nitrogens with two attached hydrogens (primary N) is 1. The molecule has 4 N–H and O–H groups in total. The highest BCUT2D eigenvalue weighted by Gasteiger charge is 2.18. The molecular formula is C10H10N2O3. The van der Waals surface area contributed by atoms with Crippen LogP contribution in [-0.4, -0.2) is 11.1 Å². The first kappa shape index (κ1) is 9.70. The van der Waals surface area contributed by atoms with Gasteiger partial charge in [0.1, 0.15) is 5.58 Å². The molecule has 0 bridgehead atoms. The molecule has 0 aliphatic rings. The number of hydrazine groups is 1. The number of hydrogen-bond donors (Lipinski definition) is 3. The number of aromatic carboxylic acids is 1. The molecule has 0 fully saturated rings. The van der Waals surface area contributed by atoms with Gasteiger partial charge in [0.25, 0.3) is 0 Å². The van der Waals surface area contributed by atoms with Crippen LogP contribution in [0.5, 0.6) is 0 Å². The minimum absolute atomic E-state index is 0.0610. The Morgan fingerprint density at radius 2 is 2.20 bits per heavy atom. The van der Waals surface area contributed by atoms with Crippen molar-refractivity contribution in [2.45, 2.75) is 6.54 Å². The van der Waals surface area contributed by atoms with Crippen LogP contribution >= 0.6 is 0 Å². The molecule has 0 atom stereocenters. The third-order valence-corrected chi connectivity index (χ3v) is 2.17. The van der Waals surface area contributed by atoms with Crippen molar-refractivity contribution in [3.63, 3.8) is 0 Å². The standard InChI is InChI=1S/C10H10N2O3/c11-12-5-7-6-3-1-2-4-8(6)15-9(7)10(13)14/h1-4,12H,5,11H2,(H,13,14). The first-order valence-corrected chi connectivity index (χ1v) is 4.41. The molecule has 1 aromatic heterocycles. The second kappa shape index (κ2) is 3.72. The fourth-order valence-corrected chi connectivity index (χ4v) is 1.55. The predicted molar refractivity (Wildman–Crippen MR) is 54.2 cm³/mol. The Hall–Kier alpha value is -1.85. The van der Waals surface area contributed by atoms with E-state index in [0.29, 0.717) is 11.1 Å². The lowest BCUT2D eigenvalue weighted by Gasteiger charge is -1.97. The molecule has 0 saturated heterocycles. The summed E-state index contributed by atoms with van der Waals surface area (Å²) in [6.07, 6.45) is 0. The first-order chi connectivity index (χ1) is 7.24. The van der Waals surface area contributed by atoms with Crippen LogP contribution in [0.4, 0.5) is 0 Å². The van der Waals surface area contributed by atoms with Crippen LogP contribution in [0.15, 0.2) is 28.7 Å². The maximum Gasteiger partial charge on any atom is 0.372 e. The van der Waals surface area contributed by atoms with Gasteiger partial charge in [0.2, 0.25) is 5.76 Å². The van der Waals surface area contributed by atoms with E-state index in [-0.39, 0.29) is 12.3 Å². The van der Waals surface area contributed by atoms with Gasteiger partial charge in [0, 0.05) is 17.5 Å². The molecule has 0 unspecified atom stereocenters. The van der Waals surface area contributed by atoms with Crippen LogP contribution in [-0.2, 0) is 6.54 Å². The summed E-state index contributed by atoms with van der Waals surface area (Å²) in [5, 5.41) is 9.70. The van der Waals surface area contributed by atoms with Crippen molar-refractivity contribution in [1.29, 1.82) is 0 Å². The van der Waals surface area contributed by atoms with Crippen LogP contribution in [0.25, 0.3) is 11.0 Å². The number of furan rings is 1. The Morgan fingerprint density at radius 1 is 1.47 bits per heavy atom. The van der Waals surface area contributed by atoms with E-state index in [4.69, 9.17) is 15.4 Å². The van der Waals surface area contributed by atoms with Crippen molar-refractivity contribution in [2.75, 3.05) is 0 Å². The average Bonchev–Trinajstić information content (AvgIpc) is 2.58. The monoisotopic (exact) mass is 206 g/mol. The number of carboxylic acids is 1. The zero-order valence-electron chi connectivity index (χ0n) is 7.86. The highest BCUT2D eigenvalue weighted by atomic mass is 16.4. The topological polar surface area (TPSA) is 88.5 Å². The predicted octanol–water partition coefficient (Wildman–Crippen LogP) is 1.09. The molecule has 0 amide bonds. The number of carbonyl (C=O) groups is 1. The largest absolute Gasteiger partial charge is 0.475 e. The molecule has 2 aromatic rings. The van der Waals surface area contributed by atoms with E-state index >= 15 is 0 Å². The summed E-state index contributed by atoms with van der Waals surface area (Å²) in [6, 6.07) is 7.14. The molecule has 0 aliphatic carbocycles. The average molecular weight is 206 g/mol. The maximum absolute atomic E-state index is 10.9. The molecule has 78 valence electrons. The number of benzene rings is 1. The molecule has 1 aromatic carbocycles. The quantitative estimate of drug-likeness (QED) is 0.516. The summed E-state index contributed by atoms with van der Waals surface area (Å²) in [5.74, 6) is 4.05. The molecule has 0 spiro atoms. The highest BCUT2D eigenvalue weighted by molar-refractivity contribution is 5.95. The van der Waals surface area contributed by atoms with Gasteiger partial charge in [-0.15, -0.1) is 0 Å². The van der Waals surface area contributed by atoms with Crippen molar-refractivity contribution in [3.8, 4) is 0 Å². The molecule has 0 radical (unpaired) electrons. The zero-order valence-corrected chi connectivity index (χ0v) is 7.86. The Morgan fingerprint density at radius 3 is 2.87 bits per heavy atom. The number of hydrogen-bond acceptors (Lipinski definition) is 4. The number of rotatable bonds is 3. The van der Waals surface area contributed by atoms with Crippen molar-refractivity contribution in [2.24, 2.45) is 5.84 Å². The molecule has 0 aliphatic heterocycles. The third kappa shape index (κ3) is 1.58. The Kier molecular flexibility index (Phi) is 2.40. The van der Waals surface area contributed by atoms with E-state index in [1.807, 2.05) is 6.07 Å². The molecule has 0 saturated carbocycles. The van der Waals surface area contributed by atoms with Crippen molar-refractivity contribution in [1.82, 2.24) is 5.43 Å². The first-order valence-electron chi connectivity index (χ1n) is 4.41. The summed E-state index contributed by atoms with van der Waals surface area (Å²) in [5.41, 5.74) is 3.56. The molecule has 5 heteroatoms. The lowest BCUT2D eigenvalue weighted by Crippen LogP contribution is -2.21. The fraction of sp³-hybridized carbons (Fsp3) is 0.100. The van der Waals surface area contributed by atoms with Gasteiger partial charge in [0.15, 0.2) is 0 Å². The number of fused-ring (bicyclic) bond motifs is 1. The molecule has 15 heavy (non-hydrogen) atoms. The summed E-state index contributed by atoms with van der Waals surface area (Å²) in [6.45, 7) is 0.263. The van der Waals surface area contributed by atoms with Gasteiger partial charge in [-0.2, -0.15) is 0 Å². The maximum atomic E-state index is 10.9. The van der Waals surface area contributed by atoms with Crippen LogP contribution < -0.4 is 11.3 Å². The van der Waals surface area contributed by atoms with Gasteiger partial charge >= 0.3 is 5.97 Å². The van der Waals surface area contributed by atoms with Crippen molar-refractivity contribution in [3.05, 3.63) is 35.6 Å². The van der Waals surface area contributed by atoms with Crippen LogP contribution in [0.1, 0.15) is 16.1 Å². The number of para-hydroxylation sites is 1. The third-order valence-electron chi connectivity index (χ3n) is 2.17. The second-order valence-electron chi connectivity index (χ2n) is 3.09. The lowest BCUT2D eigenvalue weighted by atomic mass is 10.1. The second-order valence-corrected chi connectivity index (χ2v) is 3.09. The van der Waals surface area contributed by atoms with Gasteiger partial charge in [-0.25, -0.2) is 4.79 Å². The minimum atomic E-state index is -1.09. The summed E-state index contributed by atoms with van der Waals surface area (Å²) >= 11 is 0. The summed E-state index contributed by atoms with van der Waals surface area (Å²) < 4.78 is 5.22. The molecule has 2 rings (SSSR count). The smallest absolute Gasteiger partial charge is 0.372 e. The van der Waals surface area contributed by atoms with E-state index in [2.05, 4.69) is 5.43 Å². The van der Waals surface area contributed by atoms with Crippen LogP contribution in [0, 0.1) is 0 Å². The van der Waals surface area contributed by atoms with E-state index in [9.17, 15) is 4.79 Å². The molecule has 5 nitrogen and oxygen atoms in total. The fourth-order valence-electron chi connectivity index (χ4n) is 1.55. The van der Waals surface area contributed by atoms with Crippen LogP contribution in [0.3, 0.4) is 0 Å².